The summed E-state index contributed by atoms with van der Waals surface area (Å²) in [6.45, 7) is 7.28. The van der Waals surface area contributed by atoms with Crippen LogP contribution in [0, 0.1) is 5.92 Å². The molecule has 0 radical (unpaired) electrons. The predicted octanol–water partition coefficient (Wildman–Crippen LogP) is 2.95. The molecular weight excluding hydrogens is 220 g/mol. The minimum Gasteiger partial charge on any atom is -0.308 e. The SMILES string of the molecule is CCC1CNC(C)(C2CC2)CN1C1CC=CCC1. The van der Waals surface area contributed by atoms with Crippen LogP contribution in [-0.4, -0.2) is 35.6 Å². The summed E-state index contributed by atoms with van der Waals surface area (Å²) in [6.07, 6.45) is 12.9. The first-order chi connectivity index (χ1) is 8.73. The normalized spacial score (nSPS) is 42.1. The smallest absolute Gasteiger partial charge is 0.0309 e. The van der Waals surface area contributed by atoms with Gasteiger partial charge < -0.3 is 5.32 Å². The van der Waals surface area contributed by atoms with Crippen molar-refractivity contribution < 1.29 is 0 Å². The molecule has 2 fully saturated rings. The maximum atomic E-state index is 3.87. The molecule has 102 valence electrons. The summed E-state index contributed by atoms with van der Waals surface area (Å²) in [5.41, 5.74) is 0.396. The van der Waals surface area contributed by atoms with E-state index in [9.17, 15) is 0 Å². The molecule has 2 heteroatoms. The highest BCUT2D eigenvalue weighted by Gasteiger charge is 2.46. The molecule has 1 heterocycles. The molecule has 0 aromatic rings. The Morgan fingerprint density at radius 3 is 2.72 bits per heavy atom. The second-order valence-corrected chi connectivity index (χ2v) is 6.75. The standard InChI is InChI=1S/C16H28N2/c1-3-14-11-17-16(2,13-9-10-13)12-18(14)15-7-5-4-6-8-15/h4-5,13-15,17H,3,6-12H2,1-2H3. The number of nitrogens with one attached hydrogen (secondary N) is 1. The Morgan fingerprint density at radius 2 is 2.11 bits per heavy atom. The fourth-order valence-electron chi connectivity index (χ4n) is 3.91. The topological polar surface area (TPSA) is 15.3 Å². The maximum absolute atomic E-state index is 3.87. The van der Waals surface area contributed by atoms with Crippen LogP contribution in [0.2, 0.25) is 0 Å². The molecule has 3 atom stereocenters. The van der Waals surface area contributed by atoms with E-state index in [-0.39, 0.29) is 0 Å². The van der Waals surface area contributed by atoms with Gasteiger partial charge in [-0.3, -0.25) is 4.90 Å². The Labute approximate surface area is 112 Å². The van der Waals surface area contributed by atoms with Crippen molar-refractivity contribution in [3.63, 3.8) is 0 Å². The second-order valence-electron chi connectivity index (χ2n) is 6.75. The molecule has 1 saturated heterocycles. The summed E-state index contributed by atoms with van der Waals surface area (Å²) in [5.74, 6) is 0.942. The predicted molar refractivity (Wildman–Crippen MR) is 76.7 cm³/mol. The first-order valence-corrected chi connectivity index (χ1v) is 7.88. The lowest BCUT2D eigenvalue weighted by Gasteiger charge is -2.50. The van der Waals surface area contributed by atoms with Gasteiger partial charge in [-0.2, -0.15) is 0 Å². The van der Waals surface area contributed by atoms with Crippen LogP contribution in [0.5, 0.6) is 0 Å². The quantitative estimate of drug-likeness (QED) is 0.773. The molecule has 2 nitrogen and oxygen atoms in total. The zero-order valence-electron chi connectivity index (χ0n) is 12.0. The van der Waals surface area contributed by atoms with Crippen LogP contribution < -0.4 is 5.32 Å². The third-order valence-electron chi connectivity index (χ3n) is 5.38. The average molecular weight is 248 g/mol. The Balaban J connectivity index is 1.72. The number of hydrogen-bond acceptors (Lipinski definition) is 2. The van der Waals surface area contributed by atoms with E-state index in [2.05, 4.69) is 36.2 Å². The van der Waals surface area contributed by atoms with Gasteiger partial charge >= 0.3 is 0 Å². The van der Waals surface area contributed by atoms with Crippen molar-refractivity contribution in [3.8, 4) is 0 Å². The van der Waals surface area contributed by atoms with Crippen molar-refractivity contribution in [2.24, 2.45) is 5.92 Å². The minimum atomic E-state index is 0.396. The zero-order valence-corrected chi connectivity index (χ0v) is 12.0. The highest BCUT2D eigenvalue weighted by Crippen LogP contribution is 2.42. The lowest BCUT2D eigenvalue weighted by atomic mass is 9.87. The van der Waals surface area contributed by atoms with Gasteiger partial charge in [0.2, 0.25) is 0 Å². The second kappa shape index (κ2) is 4.97. The van der Waals surface area contributed by atoms with E-state index in [0.717, 1.165) is 18.0 Å². The molecule has 3 aliphatic rings. The summed E-state index contributed by atoms with van der Waals surface area (Å²) >= 11 is 0. The summed E-state index contributed by atoms with van der Waals surface area (Å²) in [5, 5.41) is 3.87. The zero-order chi connectivity index (χ0) is 12.6. The average Bonchev–Trinajstić information content (AvgIpc) is 3.24. The molecule has 0 aromatic heterocycles. The number of piperazine rings is 1. The van der Waals surface area contributed by atoms with Gasteiger partial charge in [-0.25, -0.2) is 0 Å². The highest BCUT2D eigenvalue weighted by molar-refractivity contribution is 5.06. The summed E-state index contributed by atoms with van der Waals surface area (Å²) in [7, 11) is 0. The lowest BCUT2D eigenvalue weighted by Crippen LogP contribution is -2.65. The van der Waals surface area contributed by atoms with Crippen molar-refractivity contribution in [1.82, 2.24) is 10.2 Å². The van der Waals surface area contributed by atoms with Crippen molar-refractivity contribution in [3.05, 3.63) is 12.2 Å². The first kappa shape index (κ1) is 12.7. The monoisotopic (exact) mass is 248 g/mol. The van der Waals surface area contributed by atoms with Crippen LogP contribution in [0.1, 0.15) is 52.4 Å². The number of hydrogen-bond donors (Lipinski definition) is 1. The summed E-state index contributed by atoms with van der Waals surface area (Å²) < 4.78 is 0. The molecule has 0 amide bonds. The Kier molecular flexibility index (Phi) is 3.50. The van der Waals surface area contributed by atoms with Crippen molar-refractivity contribution >= 4 is 0 Å². The van der Waals surface area contributed by atoms with Crippen LogP contribution in [0.4, 0.5) is 0 Å². The van der Waals surface area contributed by atoms with Gasteiger partial charge in [-0.1, -0.05) is 19.1 Å². The van der Waals surface area contributed by atoms with Crippen LogP contribution >= 0.6 is 0 Å². The summed E-state index contributed by atoms with van der Waals surface area (Å²) in [4.78, 5) is 2.85. The lowest BCUT2D eigenvalue weighted by molar-refractivity contribution is 0.0331. The van der Waals surface area contributed by atoms with E-state index in [1.165, 1.54) is 51.6 Å². The van der Waals surface area contributed by atoms with Crippen molar-refractivity contribution in [1.29, 1.82) is 0 Å². The molecule has 3 rings (SSSR count). The molecule has 0 aromatic carbocycles. The Hall–Kier alpha value is -0.340. The molecule has 1 saturated carbocycles. The van der Waals surface area contributed by atoms with E-state index < -0.39 is 0 Å². The van der Waals surface area contributed by atoms with E-state index in [1.807, 2.05) is 0 Å². The molecule has 2 aliphatic carbocycles. The van der Waals surface area contributed by atoms with Gasteiger partial charge in [0.1, 0.15) is 0 Å². The highest BCUT2D eigenvalue weighted by atomic mass is 15.3. The van der Waals surface area contributed by atoms with E-state index in [0.29, 0.717) is 5.54 Å². The van der Waals surface area contributed by atoms with Crippen molar-refractivity contribution in [2.45, 2.75) is 70.0 Å². The molecule has 1 aliphatic heterocycles. The van der Waals surface area contributed by atoms with Crippen LogP contribution in [0.25, 0.3) is 0 Å². The summed E-state index contributed by atoms with van der Waals surface area (Å²) in [6, 6.07) is 1.56. The van der Waals surface area contributed by atoms with Crippen LogP contribution in [0.3, 0.4) is 0 Å². The molecule has 18 heavy (non-hydrogen) atoms. The largest absolute Gasteiger partial charge is 0.308 e. The van der Waals surface area contributed by atoms with Crippen LogP contribution in [0.15, 0.2) is 12.2 Å². The van der Waals surface area contributed by atoms with Gasteiger partial charge in [-0.05, 0) is 51.4 Å². The number of nitrogens with zero attached hydrogens (tertiary/aromatic N) is 1. The van der Waals surface area contributed by atoms with Gasteiger partial charge in [0, 0.05) is 30.7 Å². The van der Waals surface area contributed by atoms with Gasteiger partial charge in [0.25, 0.3) is 0 Å². The minimum absolute atomic E-state index is 0.396. The fourth-order valence-corrected chi connectivity index (χ4v) is 3.91. The Bertz CT molecular complexity index is 321. The number of allylic oxidation sites excluding steroid dienone is 1. The van der Waals surface area contributed by atoms with Crippen molar-refractivity contribution in [2.75, 3.05) is 13.1 Å². The molecule has 1 N–H and O–H groups in total. The van der Waals surface area contributed by atoms with Gasteiger partial charge in [0.15, 0.2) is 0 Å². The fraction of sp³-hybridized carbons (Fsp3) is 0.875. The molecular formula is C16H28N2. The number of rotatable bonds is 3. The maximum Gasteiger partial charge on any atom is 0.0309 e. The van der Waals surface area contributed by atoms with E-state index in [1.54, 1.807) is 0 Å². The van der Waals surface area contributed by atoms with E-state index in [4.69, 9.17) is 0 Å². The third-order valence-corrected chi connectivity index (χ3v) is 5.38. The van der Waals surface area contributed by atoms with E-state index >= 15 is 0 Å². The molecule has 0 spiro atoms. The molecule has 0 bridgehead atoms. The first-order valence-electron chi connectivity index (χ1n) is 7.88. The molecule has 3 unspecified atom stereocenters. The van der Waals surface area contributed by atoms with Gasteiger partial charge in [0.05, 0.1) is 0 Å². The Morgan fingerprint density at radius 1 is 1.28 bits per heavy atom. The third kappa shape index (κ3) is 2.37. The van der Waals surface area contributed by atoms with Gasteiger partial charge in [-0.15, -0.1) is 0 Å². The van der Waals surface area contributed by atoms with Crippen LogP contribution in [-0.2, 0) is 0 Å².